The Bertz CT molecular complexity index is 91.2. The van der Waals surface area contributed by atoms with Crippen LogP contribution in [-0.2, 0) is 0 Å². The van der Waals surface area contributed by atoms with E-state index in [0.717, 1.165) is 6.42 Å². The number of nitriles is 1. The van der Waals surface area contributed by atoms with Gasteiger partial charge in [-0.15, -0.1) is 0 Å². The molecule has 1 unspecified atom stereocenters. The molecule has 0 heterocycles. The zero-order chi connectivity index (χ0) is 6.57. The third kappa shape index (κ3) is 1.94. The fourth-order valence-electron chi connectivity index (χ4n) is 0.572. The van der Waals surface area contributed by atoms with Crippen molar-refractivity contribution in [2.24, 2.45) is 0 Å². The number of hydrogen-bond acceptors (Lipinski definition) is 2. The van der Waals surface area contributed by atoms with Crippen LogP contribution in [0.4, 0.5) is 0 Å². The molecule has 46 valence electrons. The molecule has 1 atom stereocenters. The molecule has 0 aliphatic rings. The first-order chi connectivity index (χ1) is 3.72. The van der Waals surface area contributed by atoms with Crippen molar-refractivity contribution in [2.45, 2.75) is 19.4 Å². The maximum Gasteiger partial charge on any atom is 0.0970 e. The molecule has 0 spiro atoms. The molecule has 0 radical (unpaired) electrons. The van der Waals surface area contributed by atoms with Gasteiger partial charge in [-0.2, -0.15) is 5.26 Å². The first-order valence-electron chi connectivity index (χ1n) is 2.78. The topological polar surface area (TPSA) is 27.0 Å². The van der Waals surface area contributed by atoms with Gasteiger partial charge in [-0.1, -0.05) is 6.92 Å². The highest BCUT2D eigenvalue weighted by molar-refractivity contribution is 4.87. The first-order valence-corrected chi connectivity index (χ1v) is 2.78. The molecule has 0 aliphatic carbocycles. The average molecular weight is 112 g/mol. The summed E-state index contributed by atoms with van der Waals surface area (Å²) in [6.07, 6.45) is 0.906. The second-order valence-corrected chi connectivity index (χ2v) is 2.02. The summed E-state index contributed by atoms with van der Waals surface area (Å²) in [6.45, 7) is 2.01. The lowest BCUT2D eigenvalue weighted by atomic mass is 10.2. The predicted octanol–water partition coefficient (Wildman–Crippen LogP) is 0.850. The van der Waals surface area contributed by atoms with Crippen molar-refractivity contribution in [3.8, 4) is 6.07 Å². The Hall–Kier alpha value is -0.550. The van der Waals surface area contributed by atoms with Crippen molar-refractivity contribution in [1.82, 2.24) is 4.90 Å². The van der Waals surface area contributed by atoms with Crippen molar-refractivity contribution in [3.63, 3.8) is 0 Å². The summed E-state index contributed by atoms with van der Waals surface area (Å²) in [7, 11) is 3.83. The fraction of sp³-hybridized carbons (Fsp3) is 0.833. The van der Waals surface area contributed by atoms with E-state index in [2.05, 4.69) is 6.07 Å². The summed E-state index contributed by atoms with van der Waals surface area (Å²) in [5.41, 5.74) is 0. The zero-order valence-corrected chi connectivity index (χ0v) is 5.68. The van der Waals surface area contributed by atoms with Gasteiger partial charge in [-0.3, -0.25) is 4.90 Å². The molecule has 0 aromatic heterocycles. The summed E-state index contributed by atoms with van der Waals surface area (Å²) in [5.74, 6) is 0. The van der Waals surface area contributed by atoms with E-state index in [1.807, 2.05) is 25.9 Å². The van der Waals surface area contributed by atoms with E-state index in [0.29, 0.717) is 0 Å². The van der Waals surface area contributed by atoms with Crippen LogP contribution in [0, 0.1) is 11.3 Å². The molecule has 0 saturated heterocycles. The van der Waals surface area contributed by atoms with Gasteiger partial charge in [-0.25, -0.2) is 0 Å². The summed E-state index contributed by atoms with van der Waals surface area (Å²) in [5, 5.41) is 8.40. The highest BCUT2D eigenvalue weighted by Crippen LogP contribution is 1.94. The van der Waals surface area contributed by atoms with Gasteiger partial charge in [0.25, 0.3) is 0 Å². The first kappa shape index (κ1) is 7.45. The van der Waals surface area contributed by atoms with Crippen LogP contribution in [0.1, 0.15) is 13.3 Å². The minimum atomic E-state index is 0.0926. The normalized spacial score (nSPS) is 13.4. The van der Waals surface area contributed by atoms with E-state index < -0.39 is 0 Å². The molecule has 0 aromatic rings. The molecular formula is C6H12N2. The van der Waals surface area contributed by atoms with Gasteiger partial charge < -0.3 is 0 Å². The molecule has 2 nitrogen and oxygen atoms in total. The molecule has 0 rings (SSSR count). The average Bonchev–Trinajstić information content (AvgIpc) is 1.69. The van der Waals surface area contributed by atoms with Crippen molar-refractivity contribution in [1.29, 1.82) is 5.26 Å². The largest absolute Gasteiger partial charge is 0.294 e. The van der Waals surface area contributed by atoms with Crippen LogP contribution >= 0.6 is 0 Å². The van der Waals surface area contributed by atoms with Crippen molar-refractivity contribution in [2.75, 3.05) is 14.1 Å². The van der Waals surface area contributed by atoms with Crippen LogP contribution in [0.5, 0.6) is 0 Å². The Morgan fingerprint density at radius 2 is 2.12 bits per heavy atom. The third-order valence-corrected chi connectivity index (χ3v) is 1.16. The smallest absolute Gasteiger partial charge is 0.0970 e. The maximum absolute atomic E-state index is 8.40. The molecule has 2 heteroatoms. The predicted molar refractivity (Wildman–Crippen MR) is 33.4 cm³/mol. The minimum absolute atomic E-state index is 0.0926. The summed E-state index contributed by atoms with van der Waals surface area (Å²) >= 11 is 0. The van der Waals surface area contributed by atoms with Gasteiger partial charge in [0.1, 0.15) is 0 Å². The van der Waals surface area contributed by atoms with Gasteiger partial charge in [0, 0.05) is 0 Å². The minimum Gasteiger partial charge on any atom is -0.294 e. The van der Waals surface area contributed by atoms with Crippen LogP contribution in [-0.4, -0.2) is 25.0 Å². The standard InChI is InChI=1S/C6H12N2/c1-4-6(5-7)8(2)3/h6H,4H2,1-3H3. The quantitative estimate of drug-likeness (QED) is 0.529. The highest BCUT2D eigenvalue weighted by atomic mass is 15.1. The van der Waals surface area contributed by atoms with Crippen LogP contribution in [0.25, 0.3) is 0 Å². The maximum atomic E-state index is 8.40. The van der Waals surface area contributed by atoms with E-state index in [4.69, 9.17) is 5.26 Å². The second kappa shape index (κ2) is 3.45. The van der Waals surface area contributed by atoms with Gasteiger partial charge in [-0.05, 0) is 20.5 Å². The number of rotatable bonds is 2. The van der Waals surface area contributed by atoms with Crippen LogP contribution in [0.2, 0.25) is 0 Å². The molecule has 0 aromatic carbocycles. The Labute approximate surface area is 50.7 Å². The molecule has 0 bridgehead atoms. The Morgan fingerprint density at radius 1 is 1.62 bits per heavy atom. The molecule has 0 fully saturated rings. The van der Waals surface area contributed by atoms with E-state index in [1.165, 1.54) is 0 Å². The fourth-order valence-corrected chi connectivity index (χ4v) is 0.572. The van der Waals surface area contributed by atoms with Crippen molar-refractivity contribution >= 4 is 0 Å². The molecule has 0 saturated carbocycles. The molecule has 0 aliphatic heterocycles. The molecular weight excluding hydrogens is 100 g/mol. The lowest BCUT2D eigenvalue weighted by Crippen LogP contribution is -2.24. The van der Waals surface area contributed by atoms with Gasteiger partial charge in [0.15, 0.2) is 0 Å². The van der Waals surface area contributed by atoms with Gasteiger partial charge in [0.2, 0.25) is 0 Å². The number of hydrogen-bond donors (Lipinski definition) is 0. The van der Waals surface area contributed by atoms with Crippen molar-refractivity contribution in [3.05, 3.63) is 0 Å². The van der Waals surface area contributed by atoms with Crippen LogP contribution in [0.3, 0.4) is 0 Å². The molecule has 8 heavy (non-hydrogen) atoms. The third-order valence-electron chi connectivity index (χ3n) is 1.16. The second-order valence-electron chi connectivity index (χ2n) is 2.02. The molecule has 0 amide bonds. The van der Waals surface area contributed by atoms with E-state index in [9.17, 15) is 0 Å². The van der Waals surface area contributed by atoms with Crippen LogP contribution in [0.15, 0.2) is 0 Å². The molecule has 0 N–H and O–H groups in total. The van der Waals surface area contributed by atoms with E-state index in [-0.39, 0.29) is 6.04 Å². The van der Waals surface area contributed by atoms with Gasteiger partial charge in [0.05, 0.1) is 12.1 Å². The monoisotopic (exact) mass is 112 g/mol. The van der Waals surface area contributed by atoms with Crippen molar-refractivity contribution < 1.29 is 0 Å². The Balaban J connectivity index is 3.57. The highest BCUT2D eigenvalue weighted by Gasteiger charge is 2.03. The van der Waals surface area contributed by atoms with Crippen LogP contribution < -0.4 is 0 Å². The lowest BCUT2D eigenvalue weighted by Gasteiger charge is -2.13. The Morgan fingerprint density at radius 3 is 2.12 bits per heavy atom. The Kier molecular flexibility index (Phi) is 3.21. The zero-order valence-electron chi connectivity index (χ0n) is 5.68. The lowest BCUT2D eigenvalue weighted by molar-refractivity contribution is 0.343. The van der Waals surface area contributed by atoms with Gasteiger partial charge >= 0.3 is 0 Å². The summed E-state index contributed by atoms with van der Waals surface area (Å²) in [4.78, 5) is 1.92. The van der Waals surface area contributed by atoms with E-state index >= 15 is 0 Å². The summed E-state index contributed by atoms with van der Waals surface area (Å²) in [6, 6.07) is 2.27. The number of nitrogens with zero attached hydrogens (tertiary/aromatic N) is 2. The van der Waals surface area contributed by atoms with E-state index in [1.54, 1.807) is 0 Å². The summed E-state index contributed by atoms with van der Waals surface area (Å²) < 4.78 is 0. The SMILES string of the molecule is CCC(C#N)N(C)C.